The Morgan fingerprint density at radius 1 is 1.32 bits per heavy atom. The van der Waals surface area contributed by atoms with Crippen LogP contribution < -0.4 is 5.32 Å². The normalized spacial score (nSPS) is 24.9. The summed E-state index contributed by atoms with van der Waals surface area (Å²) < 4.78 is 37.7. The number of halogens is 3. The van der Waals surface area contributed by atoms with Crippen LogP contribution in [-0.4, -0.2) is 41.5 Å². The molecule has 4 nitrogen and oxygen atoms in total. The molecule has 2 atom stereocenters. The minimum atomic E-state index is -4.50. The van der Waals surface area contributed by atoms with E-state index in [9.17, 15) is 22.8 Å². The number of nitrogens with zero attached hydrogens (tertiary/aromatic N) is 1. The van der Waals surface area contributed by atoms with E-state index in [0.717, 1.165) is 0 Å². The lowest BCUT2D eigenvalue weighted by Gasteiger charge is -2.39. The maximum atomic E-state index is 12.6. The van der Waals surface area contributed by atoms with E-state index >= 15 is 0 Å². The molecule has 1 fully saturated rings. The Hall–Kier alpha value is -1.27. The first-order valence-corrected chi connectivity index (χ1v) is 6.33. The van der Waals surface area contributed by atoms with Crippen molar-refractivity contribution in [2.75, 3.05) is 6.54 Å². The first-order chi connectivity index (χ1) is 8.65. The minimum absolute atomic E-state index is 0.0254. The van der Waals surface area contributed by atoms with Gasteiger partial charge < -0.3 is 10.2 Å². The van der Waals surface area contributed by atoms with E-state index in [1.54, 1.807) is 20.8 Å². The smallest absolute Gasteiger partial charge is 0.343 e. The summed E-state index contributed by atoms with van der Waals surface area (Å²) in [6.45, 7) is 3.88. The summed E-state index contributed by atoms with van der Waals surface area (Å²) in [4.78, 5) is 24.5. The number of carbonyl (C=O) groups is 2. The molecular weight excluding hydrogens is 261 g/mol. The number of amides is 2. The van der Waals surface area contributed by atoms with Crippen molar-refractivity contribution in [1.82, 2.24) is 10.2 Å². The lowest BCUT2D eigenvalue weighted by atomic mass is 9.97. The van der Waals surface area contributed by atoms with Crippen LogP contribution in [0.3, 0.4) is 0 Å². The Morgan fingerprint density at radius 2 is 1.89 bits per heavy atom. The van der Waals surface area contributed by atoms with Crippen molar-refractivity contribution < 1.29 is 22.8 Å². The summed E-state index contributed by atoms with van der Waals surface area (Å²) in [5.74, 6) is -1.12. The molecule has 1 rings (SSSR count). The third kappa shape index (κ3) is 4.11. The van der Waals surface area contributed by atoms with Crippen molar-refractivity contribution in [1.29, 1.82) is 0 Å². The van der Waals surface area contributed by atoms with Crippen LogP contribution in [0.5, 0.6) is 0 Å². The number of alkyl halides is 3. The summed E-state index contributed by atoms with van der Waals surface area (Å²) >= 11 is 0. The summed E-state index contributed by atoms with van der Waals surface area (Å²) in [6, 6.07) is -1.88. The number of hydrogen-bond donors (Lipinski definition) is 1. The highest BCUT2D eigenvalue weighted by Crippen LogP contribution is 2.24. The predicted molar refractivity (Wildman–Crippen MR) is 63.2 cm³/mol. The van der Waals surface area contributed by atoms with Gasteiger partial charge in [-0.2, -0.15) is 13.2 Å². The molecule has 1 saturated heterocycles. The van der Waals surface area contributed by atoms with Crippen molar-refractivity contribution in [3.63, 3.8) is 0 Å². The maximum absolute atomic E-state index is 12.6. The van der Waals surface area contributed by atoms with Gasteiger partial charge in [0, 0.05) is 0 Å². The molecule has 0 aromatic carbocycles. The lowest BCUT2D eigenvalue weighted by molar-refractivity contribution is -0.174. The summed E-state index contributed by atoms with van der Waals surface area (Å²) in [7, 11) is 0. The molecule has 1 aliphatic heterocycles. The van der Waals surface area contributed by atoms with Crippen LogP contribution in [0.4, 0.5) is 13.2 Å². The van der Waals surface area contributed by atoms with E-state index in [1.165, 1.54) is 0 Å². The second kappa shape index (κ2) is 5.79. The highest BCUT2D eigenvalue weighted by molar-refractivity contribution is 5.96. The van der Waals surface area contributed by atoms with Crippen LogP contribution in [0.15, 0.2) is 0 Å². The molecule has 0 spiro atoms. The van der Waals surface area contributed by atoms with Crippen molar-refractivity contribution >= 4 is 11.8 Å². The van der Waals surface area contributed by atoms with Gasteiger partial charge in [-0.05, 0) is 18.8 Å². The van der Waals surface area contributed by atoms with Crippen molar-refractivity contribution in [3.8, 4) is 0 Å². The third-order valence-electron chi connectivity index (χ3n) is 3.03. The van der Waals surface area contributed by atoms with Crippen LogP contribution >= 0.6 is 0 Å². The van der Waals surface area contributed by atoms with Gasteiger partial charge in [-0.15, -0.1) is 0 Å². The SMILES string of the molecule is CCC1NC(=O)C(CC(C)C)N(CC(F)(F)F)C1=O. The molecule has 19 heavy (non-hydrogen) atoms. The highest BCUT2D eigenvalue weighted by atomic mass is 19.4. The fourth-order valence-electron chi connectivity index (χ4n) is 2.16. The van der Waals surface area contributed by atoms with Crippen molar-refractivity contribution in [3.05, 3.63) is 0 Å². The summed E-state index contributed by atoms with van der Waals surface area (Å²) in [5.41, 5.74) is 0. The van der Waals surface area contributed by atoms with E-state index in [4.69, 9.17) is 0 Å². The minimum Gasteiger partial charge on any atom is -0.343 e. The molecule has 0 aromatic heterocycles. The fraction of sp³-hybridized carbons (Fsp3) is 0.833. The highest BCUT2D eigenvalue weighted by Gasteiger charge is 2.44. The van der Waals surface area contributed by atoms with Crippen LogP contribution in [0, 0.1) is 5.92 Å². The van der Waals surface area contributed by atoms with Gasteiger partial charge in [0.25, 0.3) is 0 Å². The molecule has 1 aliphatic rings. The van der Waals surface area contributed by atoms with Gasteiger partial charge in [-0.3, -0.25) is 9.59 Å². The molecule has 1 N–H and O–H groups in total. The Morgan fingerprint density at radius 3 is 2.32 bits per heavy atom. The Labute approximate surface area is 110 Å². The van der Waals surface area contributed by atoms with Gasteiger partial charge in [0.15, 0.2) is 0 Å². The molecular formula is C12H19F3N2O2. The van der Waals surface area contributed by atoms with Crippen LogP contribution in [0.2, 0.25) is 0 Å². The Kier molecular flexibility index (Phi) is 4.81. The largest absolute Gasteiger partial charge is 0.406 e. The number of nitrogens with one attached hydrogen (secondary N) is 1. The van der Waals surface area contributed by atoms with Gasteiger partial charge in [-0.25, -0.2) is 0 Å². The first-order valence-electron chi connectivity index (χ1n) is 6.33. The third-order valence-corrected chi connectivity index (χ3v) is 3.03. The topological polar surface area (TPSA) is 49.4 Å². The number of rotatable bonds is 4. The quantitative estimate of drug-likeness (QED) is 0.852. The van der Waals surface area contributed by atoms with E-state index in [-0.39, 0.29) is 18.8 Å². The molecule has 7 heteroatoms. The number of piperazine rings is 1. The van der Waals surface area contributed by atoms with Gasteiger partial charge in [0.05, 0.1) is 0 Å². The van der Waals surface area contributed by atoms with Gasteiger partial charge in [0.2, 0.25) is 11.8 Å². The molecule has 0 bridgehead atoms. The second-order valence-electron chi connectivity index (χ2n) is 5.20. The average Bonchev–Trinajstić information content (AvgIpc) is 2.26. The molecule has 2 amide bonds. The summed E-state index contributed by atoms with van der Waals surface area (Å²) in [5, 5.41) is 2.49. The van der Waals surface area contributed by atoms with Gasteiger partial charge in [0.1, 0.15) is 18.6 Å². The van der Waals surface area contributed by atoms with E-state index in [0.29, 0.717) is 4.90 Å². The molecule has 1 heterocycles. The van der Waals surface area contributed by atoms with Crippen molar-refractivity contribution in [2.24, 2.45) is 5.92 Å². The zero-order valence-corrected chi connectivity index (χ0v) is 11.3. The Bertz CT molecular complexity index is 355. The molecule has 0 aliphatic carbocycles. The van der Waals surface area contributed by atoms with E-state index < -0.39 is 36.6 Å². The molecule has 0 aromatic rings. The van der Waals surface area contributed by atoms with Crippen LogP contribution in [0.1, 0.15) is 33.6 Å². The van der Waals surface area contributed by atoms with Gasteiger partial charge in [-0.1, -0.05) is 20.8 Å². The summed E-state index contributed by atoms with van der Waals surface area (Å²) in [6.07, 6.45) is -3.99. The number of carbonyl (C=O) groups excluding carboxylic acids is 2. The molecule has 110 valence electrons. The Balaban J connectivity index is 2.97. The average molecular weight is 280 g/mol. The van der Waals surface area contributed by atoms with Crippen LogP contribution in [0.25, 0.3) is 0 Å². The van der Waals surface area contributed by atoms with E-state index in [2.05, 4.69) is 5.32 Å². The molecule has 0 radical (unpaired) electrons. The second-order valence-corrected chi connectivity index (χ2v) is 5.20. The van der Waals surface area contributed by atoms with Crippen molar-refractivity contribution in [2.45, 2.75) is 51.9 Å². The predicted octanol–water partition coefficient (Wildman–Crippen LogP) is 1.70. The van der Waals surface area contributed by atoms with E-state index in [1.807, 2.05) is 0 Å². The number of hydrogen-bond acceptors (Lipinski definition) is 2. The first kappa shape index (κ1) is 15.8. The monoisotopic (exact) mass is 280 g/mol. The zero-order chi connectivity index (χ0) is 14.8. The molecule has 0 saturated carbocycles. The zero-order valence-electron chi connectivity index (χ0n) is 11.3. The van der Waals surface area contributed by atoms with Gasteiger partial charge >= 0.3 is 6.18 Å². The van der Waals surface area contributed by atoms with Crippen LogP contribution in [-0.2, 0) is 9.59 Å². The standard InChI is InChI=1S/C12H19F3N2O2/c1-4-8-11(19)17(6-12(13,14)15)9(5-7(2)3)10(18)16-8/h7-9H,4-6H2,1-3H3,(H,16,18). The fourth-order valence-corrected chi connectivity index (χ4v) is 2.16. The maximum Gasteiger partial charge on any atom is 0.406 e. The lowest BCUT2D eigenvalue weighted by Crippen LogP contribution is -2.64. The molecule has 2 unspecified atom stereocenters.